The number of hydrogen-bond donors (Lipinski definition) is 1. The van der Waals surface area contributed by atoms with Gasteiger partial charge in [-0.15, -0.1) is 0 Å². The van der Waals surface area contributed by atoms with Crippen LogP contribution in [0.1, 0.15) is 57.6 Å². The Morgan fingerprint density at radius 2 is 1.86 bits per heavy atom. The molecule has 1 aromatic rings. The van der Waals surface area contributed by atoms with Crippen molar-refractivity contribution in [2.45, 2.75) is 65.6 Å². The van der Waals surface area contributed by atoms with E-state index < -0.39 is 0 Å². The molecule has 1 aliphatic carbocycles. The lowest BCUT2D eigenvalue weighted by Gasteiger charge is -2.25. The molecular weight excluding hydrogens is 256 g/mol. The zero-order valence-corrected chi connectivity index (χ0v) is 14.1. The van der Waals surface area contributed by atoms with E-state index in [1.807, 2.05) is 0 Å². The summed E-state index contributed by atoms with van der Waals surface area (Å²) in [5, 5.41) is 3.60. The third-order valence-electron chi connectivity index (χ3n) is 4.69. The van der Waals surface area contributed by atoms with E-state index in [9.17, 15) is 0 Å². The van der Waals surface area contributed by atoms with Crippen molar-refractivity contribution in [3.63, 3.8) is 0 Å². The number of nitrogens with zero attached hydrogens (tertiary/aromatic N) is 1. The van der Waals surface area contributed by atoms with Crippen LogP contribution in [0.15, 0.2) is 24.3 Å². The number of hydrogen-bond acceptors (Lipinski definition) is 2. The fraction of sp³-hybridized carbons (Fsp3) is 0.684. The molecule has 0 amide bonds. The molecule has 0 aromatic heterocycles. The van der Waals surface area contributed by atoms with E-state index in [1.165, 1.54) is 43.4 Å². The van der Waals surface area contributed by atoms with Gasteiger partial charge in [-0.3, -0.25) is 4.90 Å². The van der Waals surface area contributed by atoms with E-state index in [4.69, 9.17) is 0 Å². The third-order valence-corrected chi connectivity index (χ3v) is 4.69. The Bertz CT molecular complexity index is 408. The van der Waals surface area contributed by atoms with E-state index >= 15 is 0 Å². The summed E-state index contributed by atoms with van der Waals surface area (Å²) in [5.41, 5.74) is 2.89. The van der Waals surface area contributed by atoms with Gasteiger partial charge in [0, 0.05) is 25.7 Å². The summed E-state index contributed by atoms with van der Waals surface area (Å²) >= 11 is 0. The highest BCUT2D eigenvalue weighted by molar-refractivity contribution is 5.23. The quantitative estimate of drug-likeness (QED) is 0.694. The first-order chi connectivity index (χ1) is 10.2. The van der Waals surface area contributed by atoms with Crippen molar-refractivity contribution in [2.24, 2.45) is 5.92 Å². The van der Waals surface area contributed by atoms with E-state index in [2.05, 4.69) is 55.3 Å². The lowest BCUT2D eigenvalue weighted by Crippen LogP contribution is -2.28. The number of nitrogens with one attached hydrogen (secondary N) is 1. The summed E-state index contributed by atoms with van der Waals surface area (Å²) in [6, 6.07) is 9.90. The first-order valence-electron chi connectivity index (χ1n) is 8.78. The topological polar surface area (TPSA) is 15.3 Å². The van der Waals surface area contributed by atoms with Crippen molar-refractivity contribution in [3.8, 4) is 0 Å². The Labute approximate surface area is 130 Å². The molecule has 2 nitrogen and oxygen atoms in total. The van der Waals surface area contributed by atoms with Crippen LogP contribution in [-0.4, -0.2) is 24.0 Å². The predicted molar refractivity (Wildman–Crippen MR) is 91.3 cm³/mol. The van der Waals surface area contributed by atoms with E-state index in [1.54, 1.807) is 0 Å². The van der Waals surface area contributed by atoms with Crippen LogP contribution < -0.4 is 5.32 Å². The summed E-state index contributed by atoms with van der Waals surface area (Å²) in [6.07, 6.45) is 5.30. The van der Waals surface area contributed by atoms with Crippen LogP contribution in [0.4, 0.5) is 0 Å². The maximum Gasteiger partial charge on any atom is 0.0233 e. The van der Waals surface area contributed by atoms with Crippen LogP contribution in [0.25, 0.3) is 0 Å². The Morgan fingerprint density at radius 1 is 1.14 bits per heavy atom. The highest BCUT2D eigenvalue weighted by Crippen LogP contribution is 2.19. The van der Waals surface area contributed by atoms with Gasteiger partial charge in [-0.05, 0) is 36.4 Å². The van der Waals surface area contributed by atoms with E-state index in [-0.39, 0.29) is 0 Å². The van der Waals surface area contributed by atoms with E-state index in [0.717, 1.165) is 31.6 Å². The molecule has 21 heavy (non-hydrogen) atoms. The van der Waals surface area contributed by atoms with Gasteiger partial charge in [0.05, 0.1) is 0 Å². The fourth-order valence-corrected chi connectivity index (χ4v) is 2.86. The van der Waals surface area contributed by atoms with Gasteiger partial charge < -0.3 is 5.32 Å². The maximum absolute atomic E-state index is 3.60. The molecule has 1 saturated carbocycles. The van der Waals surface area contributed by atoms with Gasteiger partial charge in [-0.1, -0.05) is 57.9 Å². The van der Waals surface area contributed by atoms with Crippen molar-refractivity contribution in [1.82, 2.24) is 10.2 Å². The van der Waals surface area contributed by atoms with Crippen LogP contribution in [0.5, 0.6) is 0 Å². The molecule has 1 aliphatic rings. The smallest absolute Gasteiger partial charge is 0.0233 e. The highest BCUT2D eigenvalue weighted by Gasteiger charge is 2.19. The molecule has 0 heterocycles. The monoisotopic (exact) mass is 288 g/mol. The molecule has 1 fully saturated rings. The lowest BCUT2D eigenvalue weighted by atomic mass is 10.0. The lowest BCUT2D eigenvalue weighted by molar-refractivity contribution is 0.226. The van der Waals surface area contributed by atoms with Gasteiger partial charge in [-0.2, -0.15) is 0 Å². The molecular formula is C19H32N2. The van der Waals surface area contributed by atoms with Crippen LogP contribution >= 0.6 is 0 Å². The van der Waals surface area contributed by atoms with Crippen LogP contribution in [-0.2, 0) is 13.1 Å². The summed E-state index contributed by atoms with van der Waals surface area (Å²) in [5.74, 6) is 0.838. The largest absolute Gasteiger partial charge is 0.310 e. The third kappa shape index (κ3) is 5.80. The SMILES string of the molecule is CCC(CC)CN(CC)Cc1cccc(CNC2CC2)c1. The van der Waals surface area contributed by atoms with Crippen molar-refractivity contribution in [2.75, 3.05) is 13.1 Å². The second-order valence-corrected chi connectivity index (χ2v) is 6.49. The van der Waals surface area contributed by atoms with E-state index in [0.29, 0.717) is 0 Å². The molecule has 0 unspecified atom stereocenters. The molecule has 2 rings (SSSR count). The van der Waals surface area contributed by atoms with Gasteiger partial charge in [0.2, 0.25) is 0 Å². The van der Waals surface area contributed by atoms with Crippen LogP contribution in [0.2, 0.25) is 0 Å². The van der Waals surface area contributed by atoms with Gasteiger partial charge in [-0.25, -0.2) is 0 Å². The number of benzene rings is 1. The molecule has 0 atom stereocenters. The van der Waals surface area contributed by atoms with Gasteiger partial charge in [0.1, 0.15) is 0 Å². The summed E-state index contributed by atoms with van der Waals surface area (Å²) in [7, 11) is 0. The average molecular weight is 288 g/mol. The fourth-order valence-electron chi connectivity index (χ4n) is 2.86. The summed E-state index contributed by atoms with van der Waals surface area (Å²) in [6.45, 7) is 11.4. The van der Waals surface area contributed by atoms with Crippen molar-refractivity contribution < 1.29 is 0 Å². The van der Waals surface area contributed by atoms with Crippen molar-refractivity contribution in [3.05, 3.63) is 35.4 Å². The first kappa shape index (κ1) is 16.5. The van der Waals surface area contributed by atoms with Crippen LogP contribution in [0, 0.1) is 5.92 Å². The Balaban J connectivity index is 1.88. The first-order valence-corrected chi connectivity index (χ1v) is 8.78. The molecule has 1 N–H and O–H groups in total. The maximum atomic E-state index is 3.60. The molecule has 2 heteroatoms. The molecule has 0 aliphatic heterocycles. The molecule has 0 saturated heterocycles. The highest BCUT2D eigenvalue weighted by atomic mass is 15.1. The number of rotatable bonds is 10. The van der Waals surface area contributed by atoms with Gasteiger partial charge in [0.25, 0.3) is 0 Å². The predicted octanol–water partition coefficient (Wildman–Crippen LogP) is 4.20. The van der Waals surface area contributed by atoms with Crippen molar-refractivity contribution >= 4 is 0 Å². The Hall–Kier alpha value is -0.860. The van der Waals surface area contributed by atoms with Gasteiger partial charge in [0.15, 0.2) is 0 Å². The molecule has 0 bridgehead atoms. The second-order valence-electron chi connectivity index (χ2n) is 6.49. The molecule has 118 valence electrons. The summed E-state index contributed by atoms with van der Waals surface area (Å²) < 4.78 is 0. The van der Waals surface area contributed by atoms with Gasteiger partial charge >= 0.3 is 0 Å². The standard InChI is InChI=1S/C19H32N2/c1-4-16(5-2)14-21(6-3)15-18-9-7-8-17(12-18)13-20-19-10-11-19/h7-9,12,16,19-20H,4-6,10-11,13-15H2,1-3H3. The minimum absolute atomic E-state index is 0.788. The minimum atomic E-state index is 0.788. The normalized spacial score (nSPS) is 15.1. The van der Waals surface area contributed by atoms with Crippen molar-refractivity contribution in [1.29, 1.82) is 0 Å². The minimum Gasteiger partial charge on any atom is -0.310 e. The zero-order valence-electron chi connectivity index (χ0n) is 14.1. The molecule has 0 spiro atoms. The second kappa shape index (κ2) is 8.55. The molecule has 1 aromatic carbocycles. The zero-order chi connectivity index (χ0) is 15.1. The summed E-state index contributed by atoms with van der Waals surface area (Å²) in [4.78, 5) is 2.59. The Morgan fingerprint density at radius 3 is 2.48 bits per heavy atom. The average Bonchev–Trinajstić information content (AvgIpc) is 3.34. The molecule has 0 radical (unpaired) electrons. The van der Waals surface area contributed by atoms with Crippen LogP contribution in [0.3, 0.4) is 0 Å². The Kier molecular flexibility index (Phi) is 6.72.